The number of methoxy groups -OCH3 is 1. The number of anilines is 1. The molecule has 0 fully saturated rings. The van der Waals surface area contributed by atoms with Gasteiger partial charge in [-0.2, -0.15) is 0 Å². The van der Waals surface area contributed by atoms with Crippen molar-refractivity contribution < 1.29 is 14.3 Å². The second-order valence-electron chi connectivity index (χ2n) is 3.50. The number of esters is 1. The summed E-state index contributed by atoms with van der Waals surface area (Å²) >= 11 is 1.38. The van der Waals surface area contributed by atoms with Gasteiger partial charge in [0.2, 0.25) is 0 Å². The summed E-state index contributed by atoms with van der Waals surface area (Å²) in [5.41, 5.74) is 1.09. The van der Waals surface area contributed by atoms with E-state index in [0.717, 1.165) is 0 Å². The first-order chi connectivity index (χ1) is 8.70. The monoisotopic (exact) mass is 261 g/mol. The lowest BCUT2D eigenvalue weighted by atomic mass is 10.2. The smallest absolute Gasteiger partial charge is 0.337 e. The maximum absolute atomic E-state index is 11.8. The van der Waals surface area contributed by atoms with Crippen molar-refractivity contribution in [2.75, 3.05) is 12.4 Å². The van der Waals surface area contributed by atoms with E-state index in [9.17, 15) is 9.59 Å². The van der Waals surface area contributed by atoms with E-state index in [1.165, 1.54) is 18.4 Å². The minimum atomic E-state index is -0.397. The molecule has 0 spiro atoms. The average molecular weight is 261 g/mol. The Kier molecular flexibility index (Phi) is 3.74. The Hall–Kier alpha value is -2.14. The zero-order valence-corrected chi connectivity index (χ0v) is 10.5. The van der Waals surface area contributed by atoms with Gasteiger partial charge in [0.1, 0.15) is 0 Å². The third kappa shape index (κ3) is 2.75. The van der Waals surface area contributed by atoms with Gasteiger partial charge in [-0.1, -0.05) is 6.07 Å². The van der Waals surface area contributed by atoms with Crippen LogP contribution in [0.25, 0.3) is 0 Å². The number of benzene rings is 1. The number of thiophene rings is 1. The molecule has 0 aliphatic carbocycles. The van der Waals surface area contributed by atoms with Crippen molar-refractivity contribution in [2.24, 2.45) is 0 Å². The number of rotatable bonds is 3. The molecule has 0 aliphatic rings. The Morgan fingerprint density at radius 3 is 2.44 bits per heavy atom. The van der Waals surface area contributed by atoms with E-state index in [4.69, 9.17) is 0 Å². The molecule has 0 saturated heterocycles. The van der Waals surface area contributed by atoms with Crippen LogP contribution in [0.3, 0.4) is 0 Å². The Labute approximate surface area is 108 Å². The third-order valence-electron chi connectivity index (χ3n) is 2.31. The van der Waals surface area contributed by atoms with Gasteiger partial charge in [0.15, 0.2) is 0 Å². The van der Waals surface area contributed by atoms with E-state index in [-0.39, 0.29) is 5.91 Å². The molecule has 1 amide bonds. The highest BCUT2D eigenvalue weighted by molar-refractivity contribution is 7.12. The van der Waals surface area contributed by atoms with Crippen molar-refractivity contribution in [2.45, 2.75) is 0 Å². The predicted octanol–water partition coefficient (Wildman–Crippen LogP) is 2.79. The van der Waals surface area contributed by atoms with Gasteiger partial charge in [-0.3, -0.25) is 4.79 Å². The van der Waals surface area contributed by atoms with Gasteiger partial charge in [-0.25, -0.2) is 4.79 Å². The van der Waals surface area contributed by atoms with Crippen molar-refractivity contribution in [3.8, 4) is 0 Å². The van der Waals surface area contributed by atoms with Crippen LogP contribution >= 0.6 is 11.3 Å². The van der Waals surface area contributed by atoms with Crippen LogP contribution < -0.4 is 5.32 Å². The lowest BCUT2D eigenvalue weighted by molar-refractivity contribution is 0.0600. The quantitative estimate of drug-likeness (QED) is 0.864. The summed E-state index contributed by atoms with van der Waals surface area (Å²) in [6.07, 6.45) is 0. The molecular weight excluding hydrogens is 250 g/mol. The van der Waals surface area contributed by atoms with E-state index in [0.29, 0.717) is 16.1 Å². The first kappa shape index (κ1) is 12.3. The fourth-order valence-corrected chi connectivity index (χ4v) is 2.03. The number of carbonyl (C=O) groups is 2. The maximum Gasteiger partial charge on any atom is 0.337 e. The zero-order valence-electron chi connectivity index (χ0n) is 9.67. The first-order valence-electron chi connectivity index (χ1n) is 5.24. The summed E-state index contributed by atoms with van der Waals surface area (Å²) < 4.78 is 4.59. The Balaban J connectivity index is 2.07. The summed E-state index contributed by atoms with van der Waals surface area (Å²) in [4.78, 5) is 23.6. The van der Waals surface area contributed by atoms with E-state index in [1.807, 2.05) is 11.4 Å². The van der Waals surface area contributed by atoms with Crippen LogP contribution in [-0.4, -0.2) is 19.0 Å². The average Bonchev–Trinajstić information content (AvgIpc) is 2.92. The fourth-order valence-electron chi connectivity index (χ4n) is 1.41. The molecule has 0 unspecified atom stereocenters. The second-order valence-corrected chi connectivity index (χ2v) is 4.45. The standard InChI is InChI=1S/C13H11NO3S/c1-17-13(16)9-4-6-10(7-5-9)14-12(15)11-3-2-8-18-11/h2-8H,1H3,(H,14,15). The van der Waals surface area contributed by atoms with Crippen molar-refractivity contribution in [3.63, 3.8) is 0 Å². The van der Waals surface area contributed by atoms with Gasteiger partial charge in [0.05, 0.1) is 17.6 Å². The Bertz CT molecular complexity index is 546. The Morgan fingerprint density at radius 1 is 1.17 bits per heavy atom. The molecule has 1 aromatic heterocycles. The van der Waals surface area contributed by atoms with Crippen molar-refractivity contribution >= 4 is 28.9 Å². The van der Waals surface area contributed by atoms with Crippen molar-refractivity contribution in [1.29, 1.82) is 0 Å². The van der Waals surface area contributed by atoms with Crippen LogP contribution in [0.2, 0.25) is 0 Å². The predicted molar refractivity (Wildman–Crippen MR) is 70.1 cm³/mol. The van der Waals surface area contributed by atoms with Crippen LogP contribution in [0.4, 0.5) is 5.69 Å². The van der Waals surface area contributed by atoms with Crippen LogP contribution in [0.1, 0.15) is 20.0 Å². The third-order valence-corrected chi connectivity index (χ3v) is 3.18. The summed E-state index contributed by atoms with van der Waals surface area (Å²) in [5.74, 6) is -0.554. The number of nitrogens with one attached hydrogen (secondary N) is 1. The van der Waals surface area contributed by atoms with Gasteiger partial charge in [-0.15, -0.1) is 11.3 Å². The van der Waals surface area contributed by atoms with Crippen molar-refractivity contribution in [3.05, 3.63) is 52.2 Å². The molecule has 0 radical (unpaired) electrons. The number of ether oxygens (including phenoxy) is 1. The van der Waals surface area contributed by atoms with E-state index >= 15 is 0 Å². The molecule has 92 valence electrons. The molecule has 1 N–H and O–H groups in total. The van der Waals surface area contributed by atoms with E-state index in [2.05, 4.69) is 10.1 Å². The molecule has 4 nitrogen and oxygen atoms in total. The van der Waals surface area contributed by atoms with Gasteiger partial charge in [0, 0.05) is 5.69 Å². The van der Waals surface area contributed by atoms with E-state index in [1.54, 1.807) is 30.3 Å². The van der Waals surface area contributed by atoms with Crippen LogP contribution in [0.5, 0.6) is 0 Å². The largest absolute Gasteiger partial charge is 0.465 e. The second kappa shape index (κ2) is 5.46. The maximum atomic E-state index is 11.8. The molecule has 0 saturated carbocycles. The van der Waals surface area contributed by atoms with Crippen LogP contribution in [-0.2, 0) is 4.74 Å². The van der Waals surface area contributed by atoms with Gasteiger partial charge in [-0.05, 0) is 35.7 Å². The van der Waals surface area contributed by atoms with Crippen LogP contribution in [0.15, 0.2) is 41.8 Å². The molecule has 0 aliphatic heterocycles. The van der Waals surface area contributed by atoms with Crippen molar-refractivity contribution in [1.82, 2.24) is 0 Å². The first-order valence-corrected chi connectivity index (χ1v) is 6.12. The molecule has 2 rings (SSSR count). The van der Waals surface area contributed by atoms with E-state index < -0.39 is 5.97 Å². The number of hydrogen-bond donors (Lipinski definition) is 1. The Morgan fingerprint density at radius 2 is 1.89 bits per heavy atom. The number of hydrogen-bond acceptors (Lipinski definition) is 4. The number of amides is 1. The van der Waals surface area contributed by atoms with Gasteiger partial charge in [0.25, 0.3) is 5.91 Å². The summed E-state index contributed by atoms with van der Waals surface area (Å²) in [5, 5.41) is 4.59. The summed E-state index contributed by atoms with van der Waals surface area (Å²) in [6.45, 7) is 0. The highest BCUT2D eigenvalue weighted by Crippen LogP contribution is 2.14. The van der Waals surface area contributed by atoms with Gasteiger partial charge >= 0.3 is 5.97 Å². The summed E-state index contributed by atoms with van der Waals surface area (Å²) in [6, 6.07) is 10.1. The highest BCUT2D eigenvalue weighted by Gasteiger charge is 2.08. The molecule has 5 heteroatoms. The SMILES string of the molecule is COC(=O)c1ccc(NC(=O)c2cccs2)cc1. The summed E-state index contributed by atoms with van der Waals surface area (Å²) in [7, 11) is 1.33. The molecule has 0 bridgehead atoms. The minimum Gasteiger partial charge on any atom is -0.465 e. The molecular formula is C13H11NO3S. The lowest BCUT2D eigenvalue weighted by Gasteiger charge is -2.04. The highest BCUT2D eigenvalue weighted by atomic mass is 32.1. The normalized spacial score (nSPS) is 9.83. The number of carbonyl (C=O) groups excluding carboxylic acids is 2. The molecule has 2 aromatic rings. The van der Waals surface area contributed by atoms with Crippen LogP contribution in [0, 0.1) is 0 Å². The molecule has 1 aromatic carbocycles. The zero-order chi connectivity index (χ0) is 13.0. The van der Waals surface area contributed by atoms with Gasteiger partial charge < -0.3 is 10.1 Å². The lowest BCUT2D eigenvalue weighted by Crippen LogP contribution is -2.10. The topological polar surface area (TPSA) is 55.4 Å². The minimum absolute atomic E-state index is 0.157. The molecule has 0 atom stereocenters. The molecule has 18 heavy (non-hydrogen) atoms. The molecule has 1 heterocycles. The fraction of sp³-hybridized carbons (Fsp3) is 0.0769.